The minimum atomic E-state index is -0.547. The van der Waals surface area contributed by atoms with Crippen molar-refractivity contribution in [1.82, 2.24) is 0 Å². The average Bonchev–Trinajstić information content (AvgIpc) is 2.66. The molecule has 1 heterocycles. The van der Waals surface area contributed by atoms with E-state index < -0.39 is 10.8 Å². The summed E-state index contributed by atoms with van der Waals surface area (Å²) < 4.78 is 0. The molecule has 0 amide bonds. The number of rotatable bonds is 3. The van der Waals surface area contributed by atoms with E-state index in [0.29, 0.717) is 5.71 Å². The van der Waals surface area contributed by atoms with Crippen LogP contribution < -0.4 is 0 Å². The van der Waals surface area contributed by atoms with Crippen molar-refractivity contribution >= 4 is 17.3 Å². The van der Waals surface area contributed by atoms with Gasteiger partial charge in [0.1, 0.15) is 11.5 Å². The summed E-state index contributed by atoms with van der Waals surface area (Å²) in [5, 5.41) is 0. The van der Waals surface area contributed by atoms with Gasteiger partial charge in [-0.3, -0.25) is 14.6 Å². The molecule has 0 saturated heterocycles. The van der Waals surface area contributed by atoms with Crippen LogP contribution in [0.4, 0.5) is 0 Å². The Kier molecular flexibility index (Phi) is 5.41. The molecule has 3 atom stereocenters. The van der Waals surface area contributed by atoms with E-state index in [-0.39, 0.29) is 29.4 Å². The largest absolute Gasteiger partial charge is 0.298 e. The van der Waals surface area contributed by atoms with Crippen LogP contribution >= 0.6 is 0 Å². The number of carbonyl (C=O) groups excluding carboxylic acids is 2. The lowest BCUT2D eigenvalue weighted by Crippen LogP contribution is -2.34. The maximum Gasteiger partial charge on any atom is 0.186 e. The Morgan fingerprint density at radius 1 is 1.04 bits per heavy atom. The van der Waals surface area contributed by atoms with Crippen LogP contribution in [-0.4, -0.2) is 23.3 Å². The van der Waals surface area contributed by atoms with Crippen LogP contribution in [0.3, 0.4) is 0 Å². The summed E-state index contributed by atoms with van der Waals surface area (Å²) in [7, 11) is 0. The second-order valence-corrected chi connectivity index (χ2v) is 9.32. The molecule has 0 saturated carbocycles. The first kappa shape index (κ1) is 20.3. The summed E-state index contributed by atoms with van der Waals surface area (Å²) in [5.74, 6) is -0.217. The second-order valence-electron chi connectivity index (χ2n) is 9.32. The molecule has 1 aromatic rings. The predicted octanol–water partition coefficient (Wildman–Crippen LogP) is 4.99. The lowest BCUT2D eigenvalue weighted by Gasteiger charge is -2.30. The summed E-state index contributed by atoms with van der Waals surface area (Å²) in [5.41, 5.74) is 1.13. The first-order chi connectivity index (χ1) is 11.9. The maximum absolute atomic E-state index is 13.3. The number of ketones is 2. The molecule has 26 heavy (non-hydrogen) atoms. The van der Waals surface area contributed by atoms with Crippen LogP contribution in [0, 0.1) is 16.7 Å². The Hall–Kier alpha value is -2.03. The molecule has 3 heteroatoms. The molecular weight excluding hydrogens is 322 g/mol. The third-order valence-corrected chi connectivity index (χ3v) is 5.05. The van der Waals surface area contributed by atoms with Crippen molar-refractivity contribution in [3.8, 4) is 0 Å². The van der Waals surface area contributed by atoms with E-state index >= 15 is 0 Å². The Balaban J connectivity index is 2.76. The van der Waals surface area contributed by atoms with Gasteiger partial charge in [0.05, 0.1) is 6.04 Å². The van der Waals surface area contributed by atoms with E-state index in [2.05, 4.69) is 6.58 Å². The highest BCUT2D eigenvalue weighted by Crippen LogP contribution is 2.40. The van der Waals surface area contributed by atoms with E-state index in [4.69, 9.17) is 4.99 Å². The second kappa shape index (κ2) is 6.94. The van der Waals surface area contributed by atoms with Gasteiger partial charge in [-0.2, -0.15) is 0 Å². The molecule has 1 aliphatic rings. The normalized spacial score (nSPS) is 23.5. The number of nitrogens with zero attached hydrogens (tertiary/aromatic N) is 1. The number of fused-ring (bicyclic) bond motifs is 1. The van der Waals surface area contributed by atoms with E-state index in [1.54, 1.807) is 6.08 Å². The Labute approximate surface area is 157 Å². The van der Waals surface area contributed by atoms with Crippen LogP contribution in [0.5, 0.6) is 0 Å². The van der Waals surface area contributed by atoms with Crippen molar-refractivity contribution in [3.05, 3.63) is 48.0 Å². The summed E-state index contributed by atoms with van der Waals surface area (Å²) in [4.78, 5) is 31.2. The zero-order valence-corrected chi connectivity index (χ0v) is 17.1. The summed E-state index contributed by atoms with van der Waals surface area (Å²) in [6, 6.07) is 7.44. The zero-order chi connectivity index (χ0) is 19.9. The molecule has 0 aromatic heterocycles. The monoisotopic (exact) mass is 353 g/mol. The van der Waals surface area contributed by atoms with Crippen molar-refractivity contribution < 1.29 is 9.59 Å². The first-order valence-electron chi connectivity index (χ1n) is 9.28. The SMILES string of the molecule is C=CC1N=C(C(=O)C(C)(C)C)c2ccccc2C(C(=O)C(C)(C)C)C1C. The number of aliphatic imine (C=N–C) groups is 1. The summed E-state index contributed by atoms with van der Waals surface area (Å²) >= 11 is 0. The molecule has 0 aliphatic carbocycles. The minimum Gasteiger partial charge on any atom is -0.298 e. The molecule has 1 aromatic carbocycles. The number of hydrogen-bond donors (Lipinski definition) is 0. The molecule has 0 bridgehead atoms. The molecule has 3 nitrogen and oxygen atoms in total. The maximum atomic E-state index is 13.3. The highest BCUT2D eigenvalue weighted by molar-refractivity contribution is 6.48. The molecule has 3 unspecified atom stereocenters. The van der Waals surface area contributed by atoms with Gasteiger partial charge < -0.3 is 0 Å². The topological polar surface area (TPSA) is 46.5 Å². The van der Waals surface area contributed by atoms with Crippen LogP contribution in [0.1, 0.15) is 65.5 Å². The Morgan fingerprint density at radius 2 is 1.62 bits per heavy atom. The van der Waals surface area contributed by atoms with Crippen molar-refractivity contribution in [2.45, 2.75) is 60.4 Å². The molecule has 0 fully saturated rings. The predicted molar refractivity (Wildman–Crippen MR) is 108 cm³/mol. The van der Waals surface area contributed by atoms with Gasteiger partial charge in [0.2, 0.25) is 0 Å². The summed E-state index contributed by atoms with van der Waals surface area (Å²) in [6.07, 6.45) is 1.76. The van der Waals surface area contributed by atoms with Gasteiger partial charge >= 0.3 is 0 Å². The fourth-order valence-electron chi connectivity index (χ4n) is 3.45. The average molecular weight is 354 g/mol. The minimum absolute atomic E-state index is 0.00661. The summed E-state index contributed by atoms with van der Waals surface area (Å²) in [6.45, 7) is 17.5. The van der Waals surface area contributed by atoms with E-state index in [1.807, 2.05) is 72.7 Å². The molecule has 0 N–H and O–H groups in total. The first-order valence-corrected chi connectivity index (χ1v) is 9.28. The van der Waals surface area contributed by atoms with Crippen LogP contribution in [0.15, 0.2) is 41.9 Å². The lowest BCUT2D eigenvalue weighted by molar-refractivity contribution is -0.129. The van der Waals surface area contributed by atoms with Crippen molar-refractivity contribution in [2.24, 2.45) is 21.7 Å². The van der Waals surface area contributed by atoms with Gasteiger partial charge in [0.25, 0.3) is 0 Å². The highest BCUT2D eigenvalue weighted by Gasteiger charge is 2.41. The van der Waals surface area contributed by atoms with Crippen molar-refractivity contribution in [1.29, 1.82) is 0 Å². The van der Waals surface area contributed by atoms with Gasteiger partial charge in [-0.25, -0.2) is 0 Å². The van der Waals surface area contributed by atoms with Crippen LogP contribution in [-0.2, 0) is 9.59 Å². The lowest BCUT2D eigenvalue weighted by atomic mass is 9.71. The fraction of sp³-hybridized carbons (Fsp3) is 0.522. The van der Waals surface area contributed by atoms with Crippen molar-refractivity contribution in [2.75, 3.05) is 0 Å². The molecule has 0 spiro atoms. The number of carbonyl (C=O) groups is 2. The van der Waals surface area contributed by atoms with E-state index in [9.17, 15) is 9.59 Å². The Morgan fingerprint density at radius 3 is 2.12 bits per heavy atom. The molecular formula is C23H31NO2. The van der Waals surface area contributed by atoms with Gasteiger partial charge in [0, 0.05) is 22.3 Å². The van der Waals surface area contributed by atoms with E-state index in [0.717, 1.165) is 11.1 Å². The third-order valence-electron chi connectivity index (χ3n) is 5.05. The van der Waals surface area contributed by atoms with Gasteiger partial charge in [0.15, 0.2) is 5.78 Å². The fourth-order valence-corrected chi connectivity index (χ4v) is 3.45. The number of benzene rings is 1. The van der Waals surface area contributed by atoms with Crippen molar-refractivity contribution in [3.63, 3.8) is 0 Å². The smallest absolute Gasteiger partial charge is 0.186 e. The van der Waals surface area contributed by atoms with Crippen LogP contribution in [0.2, 0.25) is 0 Å². The van der Waals surface area contributed by atoms with Gasteiger partial charge in [-0.05, 0) is 11.5 Å². The number of hydrogen-bond acceptors (Lipinski definition) is 3. The van der Waals surface area contributed by atoms with Gasteiger partial charge in [-0.15, -0.1) is 6.58 Å². The van der Waals surface area contributed by atoms with E-state index in [1.165, 1.54) is 0 Å². The standard InChI is InChI=1S/C23H31NO2/c1-9-17-14(2)18(20(25)22(3,4)5)15-12-10-11-13-16(15)19(24-17)21(26)23(6,7)8/h9-14,17-18H,1H2,2-8H3. The van der Waals surface area contributed by atoms with Crippen LogP contribution in [0.25, 0.3) is 0 Å². The molecule has 0 radical (unpaired) electrons. The highest BCUT2D eigenvalue weighted by atomic mass is 16.1. The molecule has 1 aliphatic heterocycles. The molecule has 140 valence electrons. The quantitative estimate of drug-likeness (QED) is 0.718. The zero-order valence-electron chi connectivity index (χ0n) is 17.1. The van der Waals surface area contributed by atoms with Gasteiger partial charge in [-0.1, -0.05) is 78.8 Å². The Bertz CT molecular complexity index is 759. The third kappa shape index (κ3) is 3.72. The number of Topliss-reactive ketones (excluding diaryl/α,β-unsaturated/α-hetero) is 2. The molecule has 2 rings (SSSR count).